The molecule has 1 aliphatic carbocycles. The monoisotopic (exact) mass is 291 g/mol. The topological polar surface area (TPSA) is 59.3 Å². The molecule has 1 saturated carbocycles. The quantitative estimate of drug-likeness (QED) is 0.522. The lowest BCUT2D eigenvalue weighted by Gasteiger charge is -2.39. The summed E-state index contributed by atoms with van der Waals surface area (Å²) in [6, 6.07) is 4.88. The van der Waals surface area contributed by atoms with Crippen LogP contribution in [0.15, 0.2) is 24.4 Å². The minimum absolute atomic E-state index is 0.00859. The van der Waals surface area contributed by atoms with E-state index in [-0.39, 0.29) is 17.1 Å². The van der Waals surface area contributed by atoms with Gasteiger partial charge in [-0.1, -0.05) is 25.7 Å². The van der Waals surface area contributed by atoms with Gasteiger partial charge in [0.05, 0.1) is 0 Å². The van der Waals surface area contributed by atoms with E-state index in [0.29, 0.717) is 11.3 Å². The Morgan fingerprint density at radius 1 is 1.29 bits per heavy atom. The molecule has 1 aliphatic rings. The van der Waals surface area contributed by atoms with Gasteiger partial charge in [0.25, 0.3) is 5.69 Å². The Morgan fingerprint density at radius 2 is 1.95 bits per heavy atom. The molecule has 5 nitrogen and oxygen atoms in total. The van der Waals surface area contributed by atoms with Gasteiger partial charge >= 0.3 is 5.91 Å². The van der Waals surface area contributed by atoms with E-state index in [2.05, 4.69) is 24.3 Å². The van der Waals surface area contributed by atoms with Crippen LogP contribution in [0.5, 0.6) is 0 Å². The smallest absolute Gasteiger partial charge is 0.317 e. The van der Waals surface area contributed by atoms with Gasteiger partial charge in [0.2, 0.25) is 0 Å². The Kier molecular flexibility index (Phi) is 5.17. The summed E-state index contributed by atoms with van der Waals surface area (Å²) in [4.78, 5) is 14.4. The number of carbonyl (C=O) groups excluding carboxylic acids is 1. The van der Waals surface area contributed by atoms with Gasteiger partial charge in [-0.05, 0) is 33.0 Å². The van der Waals surface area contributed by atoms with Gasteiger partial charge in [0.1, 0.15) is 0 Å². The molecule has 21 heavy (non-hydrogen) atoms. The number of nitrogens with one attached hydrogen (secondary N) is 1. The van der Waals surface area contributed by atoms with Crippen molar-refractivity contribution in [2.24, 2.45) is 0 Å². The molecule has 1 aromatic rings. The van der Waals surface area contributed by atoms with E-state index in [1.54, 1.807) is 18.2 Å². The molecule has 1 N–H and O–H groups in total. The maximum Gasteiger partial charge on any atom is 0.317 e. The minimum atomic E-state index is -0.295. The van der Waals surface area contributed by atoms with Crippen LogP contribution in [0, 0.1) is 5.21 Å². The zero-order valence-electron chi connectivity index (χ0n) is 13.0. The van der Waals surface area contributed by atoms with Gasteiger partial charge in [0.15, 0.2) is 6.20 Å². The molecule has 0 spiro atoms. The zero-order valence-corrected chi connectivity index (χ0v) is 13.0. The first-order valence-electron chi connectivity index (χ1n) is 7.69. The van der Waals surface area contributed by atoms with Crippen LogP contribution in [0.2, 0.25) is 0 Å². The molecular weight excluding hydrogens is 266 g/mol. The van der Waals surface area contributed by atoms with E-state index in [1.165, 1.54) is 31.9 Å². The number of rotatable bonds is 4. The summed E-state index contributed by atoms with van der Waals surface area (Å²) in [7, 11) is 4.15. The lowest BCUT2D eigenvalue weighted by molar-refractivity contribution is -0.607. The summed E-state index contributed by atoms with van der Waals surface area (Å²) in [5.74, 6) is -0.295. The van der Waals surface area contributed by atoms with Crippen molar-refractivity contribution < 1.29 is 9.52 Å². The molecule has 0 aliphatic heterocycles. The van der Waals surface area contributed by atoms with Gasteiger partial charge in [-0.15, -0.1) is 0 Å². The molecular formula is C16H25N3O2. The maximum atomic E-state index is 12.2. The van der Waals surface area contributed by atoms with Crippen molar-refractivity contribution in [3.8, 4) is 0 Å². The van der Waals surface area contributed by atoms with Gasteiger partial charge in [-0.2, -0.15) is 4.73 Å². The van der Waals surface area contributed by atoms with E-state index in [4.69, 9.17) is 0 Å². The second-order valence-corrected chi connectivity index (χ2v) is 6.13. The van der Waals surface area contributed by atoms with Crippen molar-refractivity contribution in [3.05, 3.63) is 35.3 Å². The molecule has 0 radical (unpaired) electrons. The minimum Gasteiger partial charge on any atom is -0.618 e. The number of carbonyl (C=O) groups is 1. The maximum absolute atomic E-state index is 12.2. The fraction of sp³-hybridized carbons (Fsp3) is 0.625. The first-order chi connectivity index (χ1) is 10.1. The standard InChI is InChI=1S/C16H25N3O2/c1-18(2)16(10-6-3-4-7-11-16)13-17-15(20)14-9-5-8-12-19(14)21/h5,8-9,12H,3-4,6-7,10-11,13H2,1-2H3,(H,17,20). The highest BCUT2D eigenvalue weighted by Gasteiger charge is 2.34. The van der Waals surface area contributed by atoms with Crippen molar-refractivity contribution in [1.29, 1.82) is 0 Å². The van der Waals surface area contributed by atoms with Crippen LogP contribution < -0.4 is 10.0 Å². The van der Waals surface area contributed by atoms with Crippen molar-refractivity contribution in [1.82, 2.24) is 10.2 Å². The van der Waals surface area contributed by atoms with Crippen molar-refractivity contribution in [2.75, 3.05) is 20.6 Å². The van der Waals surface area contributed by atoms with Gasteiger partial charge < -0.3 is 15.4 Å². The van der Waals surface area contributed by atoms with Crippen LogP contribution >= 0.6 is 0 Å². The Hall–Kier alpha value is -1.62. The van der Waals surface area contributed by atoms with Crippen LogP contribution in [-0.2, 0) is 0 Å². The lowest BCUT2D eigenvalue weighted by Crippen LogP contribution is -2.53. The predicted molar refractivity (Wildman–Crippen MR) is 81.9 cm³/mol. The molecule has 0 unspecified atom stereocenters. The first kappa shape index (κ1) is 15.8. The molecule has 1 amide bonds. The normalized spacial score (nSPS) is 18.2. The molecule has 116 valence electrons. The Balaban J connectivity index is 2.05. The first-order valence-corrected chi connectivity index (χ1v) is 7.69. The number of aromatic nitrogens is 1. The third kappa shape index (κ3) is 3.73. The number of pyridine rings is 1. The Morgan fingerprint density at radius 3 is 2.52 bits per heavy atom. The summed E-state index contributed by atoms with van der Waals surface area (Å²) >= 11 is 0. The van der Waals surface area contributed by atoms with Crippen molar-refractivity contribution >= 4 is 5.91 Å². The van der Waals surface area contributed by atoms with Crippen LogP contribution in [0.1, 0.15) is 49.0 Å². The molecule has 0 atom stereocenters. The lowest BCUT2D eigenvalue weighted by atomic mass is 9.88. The van der Waals surface area contributed by atoms with E-state index < -0.39 is 0 Å². The van der Waals surface area contributed by atoms with E-state index >= 15 is 0 Å². The average Bonchev–Trinajstić information content (AvgIpc) is 2.72. The third-order valence-electron chi connectivity index (χ3n) is 4.62. The SMILES string of the molecule is CN(C)C1(CNC(=O)c2cccc[n+]2[O-])CCCCCC1. The van der Waals surface area contributed by atoms with Crippen molar-refractivity contribution in [3.63, 3.8) is 0 Å². The molecule has 0 bridgehead atoms. The summed E-state index contributed by atoms with van der Waals surface area (Å²) in [6.07, 6.45) is 8.45. The summed E-state index contributed by atoms with van der Waals surface area (Å²) in [5, 5.41) is 14.6. The largest absolute Gasteiger partial charge is 0.618 e. The Labute approximate surface area is 126 Å². The predicted octanol–water partition coefficient (Wildman–Crippen LogP) is 1.70. The molecule has 1 aromatic heterocycles. The fourth-order valence-corrected chi connectivity index (χ4v) is 3.11. The second-order valence-electron chi connectivity index (χ2n) is 6.13. The number of hydrogen-bond donors (Lipinski definition) is 1. The zero-order chi connectivity index (χ0) is 15.3. The number of hydrogen-bond acceptors (Lipinski definition) is 3. The number of amides is 1. The van der Waals surface area contributed by atoms with Crippen LogP contribution in [-0.4, -0.2) is 37.0 Å². The molecule has 0 saturated heterocycles. The molecule has 5 heteroatoms. The van der Waals surface area contributed by atoms with Crippen LogP contribution in [0.25, 0.3) is 0 Å². The highest BCUT2D eigenvalue weighted by molar-refractivity contribution is 5.90. The van der Waals surface area contributed by atoms with Crippen LogP contribution in [0.3, 0.4) is 0 Å². The molecule has 0 aromatic carbocycles. The van der Waals surface area contributed by atoms with E-state index in [0.717, 1.165) is 12.8 Å². The number of likely N-dealkylation sites (N-methyl/N-ethyl adjacent to an activating group) is 1. The second kappa shape index (κ2) is 6.89. The van der Waals surface area contributed by atoms with Gasteiger partial charge in [0, 0.05) is 24.2 Å². The summed E-state index contributed by atoms with van der Waals surface area (Å²) < 4.78 is 0.616. The summed E-state index contributed by atoms with van der Waals surface area (Å²) in [5.41, 5.74) is 0.161. The molecule has 1 heterocycles. The van der Waals surface area contributed by atoms with Gasteiger partial charge in [-0.25, -0.2) is 0 Å². The third-order valence-corrected chi connectivity index (χ3v) is 4.62. The number of nitrogens with zero attached hydrogens (tertiary/aromatic N) is 2. The molecule has 2 rings (SSSR count). The summed E-state index contributed by atoms with van der Waals surface area (Å²) in [6.45, 7) is 0.591. The van der Waals surface area contributed by atoms with Gasteiger partial charge in [-0.3, -0.25) is 4.79 Å². The van der Waals surface area contributed by atoms with E-state index in [9.17, 15) is 10.0 Å². The average molecular weight is 291 g/mol. The fourth-order valence-electron chi connectivity index (χ4n) is 3.11. The van der Waals surface area contributed by atoms with Crippen LogP contribution in [0.4, 0.5) is 0 Å². The highest BCUT2D eigenvalue weighted by atomic mass is 16.5. The van der Waals surface area contributed by atoms with Crippen molar-refractivity contribution in [2.45, 2.75) is 44.1 Å². The highest BCUT2D eigenvalue weighted by Crippen LogP contribution is 2.30. The van der Waals surface area contributed by atoms with E-state index in [1.807, 2.05) is 0 Å². The molecule has 1 fully saturated rings. The Bertz CT molecular complexity index is 480.